The Kier molecular flexibility index (Phi) is 3.61. The molecular weight excluding hydrogens is 376 g/mol. The van der Waals surface area contributed by atoms with Crippen molar-refractivity contribution < 1.29 is 0 Å². The van der Waals surface area contributed by atoms with Gasteiger partial charge in [-0.25, -0.2) is 0 Å². The van der Waals surface area contributed by atoms with E-state index in [0.717, 1.165) is 0 Å². The van der Waals surface area contributed by atoms with Gasteiger partial charge in [0.05, 0.1) is 9.40 Å². The molecule has 28 heavy (non-hydrogen) atoms. The van der Waals surface area contributed by atoms with Gasteiger partial charge in [0.15, 0.2) is 0 Å². The first kappa shape index (κ1) is 16.1. The normalized spacial score (nSPS) is 11.6. The summed E-state index contributed by atoms with van der Waals surface area (Å²) in [6, 6.07) is 35.1. The van der Waals surface area contributed by atoms with Crippen molar-refractivity contribution >= 4 is 52.2 Å². The van der Waals surface area contributed by atoms with Gasteiger partial charge in [-0.05, 0) is 46.5 Å². The van der Waals surface area contributed by atoms with Crippen molar-refractivity contribution in [1.29, 1.82) is 0 Å². The summed E-state index contributed by atoms with van der Waals surface area (Å²) in [5.74, 6) is 0. The van der Waals surface area contributed by atoms with Crippen LogP contribution >= 0.6 is 22.7 Å². The second-order valence-electron chi connectivity index (χ2n) is 7.02. The topological polar surface area (TPSA) is 0 Å². The summed E-state index contributed by atoms with van der Waals surface area (Å²) in [7, 11) is 0. The van der Waals surface area contributed by atoms with Gasteiger partial charge in [0, 0.05) is 20.2 Å². The molecule has 0 aliphatic rings. The Morgan fingerprint density at radius 1 is 0.393 bits per heavy atom. The Morgan fingerprint density at radius 3 is 1.25 bits per heavy atom. The van der Waals surface area contributed by atoms with Gasteiger partial charge in [-0.15, -0.1) is 22.7 Å². The highest BCUT2D eigenvalue weighted by Gasteiger charge is 2.13. The standard InChI is InChI=1S/C26H16S2/c1-3-7-17(8-4-1)19-11-13-23-21(15-19)25-26(27-23)22-16-20(12-14-24(22)28-25)18-9-5-2-6-10-18/h1-16H. The van der Waals surface area contributed by atoms with Crippen LogP contribution in [0.2, 0.25) is 0 Å². The van der Waals surface area contributed by atoms with E-state index in [4.69, 9.17) is 0 Å². The van der Waals surface area contributed by atoms with Crippen molar-refractivity contribution in [2.24, 2.45) is 0 Å². The van der Waals surface area contributed by atoms with Crippen LogP contribution in [0.5, 0.6) is 0 Å². The van der Waals surface area contributed by atoms with E-state index in [1.807, 2.05) is 22.7 Å². The summed E-state index contributed by atoms with van der Waals surface area (Å²) < 4.78 is 5.57. The molecular formula is C26H16S2. The predicted molar refractivity (Wildman–Crippen MR) is 126 cm³/mol. The summed E-state index contributed by atoms with van der Waals surface area (Å²) >= 11 is 3.83. The zero-order valence-corrected chi connectivity index (χ0v) is 16.7. The molecule has 2 heterocycles. The fourth-order valence-corrected chi connectivity index (χ4v) is 6.48. The van der Waals surface area contributed by atoms with Crippen LogP contribution in [0.1, 0.15) is 0 Å². The Morgan fingerprint density at radius 2 is 0.821 bits per heavy atom. The van der Waals surface area contributed by atoms with Crippen molar-refractivity contribution in [2.45, 2.75) is 0 Å². The van der Waals surface area contributed by atoms with Crippen LogP contribution in [0.25, 0.3) is 51.8 Å². The van der Waals surface area contributed by atoms with Crippen LogP contribution in [0.4, 0.5) is 0 Å². The highest BCUT2D eigenvalue weighted by atomic mass is 32.1. The second-order valence-corrected chi connectivity index (χ2v) is 9.12. The number of hydrogen-bond acceptors (Lipinski definition) is 2. The molecule has 0 aliphatic carbocycles. The minimum Gasteiger partial charge on any atom is -0.134 e. The van der Waals surface area contributed by atoms with E-state index in [1.165, 1.54) is 51.8 Å². The summed E-state index contributed by atoms with van der Waals surface area (Å²) in [4.78, 5) is 0. The highest BCUT2D eigenvalue weighted by molar-refractivity contribution is 7.36. The molecule has 2 aromatic heterocycles. The minimum absolute atomic E-state index is 1.27. The van der Waals surface area contributed by atoms with Gasteiger partial charge in [-0.2, -0.15) is 0 Å². The maximum absolute atomic E-state index is 2.36. The first-order valence-corrected chi connectivity index (χ1v) is 11.0. The monoisotopic (exact) mass is 392 g/mol. The molecule has 0 N–H and O–H groups in total. The second kappa shape index (κ2) is 6.30. The van der Waals surface area contributed by atoms with Gasteiger partial charge in [0.1, 0.15) is 0 Å². The lowest BCUT2D eigenvalue weighted by atomic mass is 10.0. The lowest BCUT2D eigenvalue weighted by molar-refractivity contribution is 1.66. The van der Waals surface area contributed by atoms with Crippen molar-refractivity contribution in [3.05, 3.63) is 97.1 Å². The molecule has 0 radical (unpaired) electrons. The van der Waals surface area contributed by atoms with E-state index in [9.17, 15) is 0 Å². The minimum atomic E-state index is 1.27. The Labute approximate surface area is 171 Å². The molecule has 0 amide bonds. The molecule has 0 saturated heterocycles. The van der Waals surface area contributed by atoms with E-state index < -0.39 is 0 Å². The molecule has 0 spiro atoms. The number of thiophene rings is 2. The van der Waals surface area contributed by atoms with Crippen LogP contribution in [-0.2, 0) is 0 Å². The van der Waals surface area contributed by atoms with Gasteiger partial charge < -0.3 is 0 Å². The average Bonchev–Trinajstić information content (AvgIpc) is 3.30. The van der Waals surface area contributed by atoms with Gasteiger partial charge in [-0.3, -0.25) is 0 Å². The van der Waals surface area contributed by atoms with Gasteiger partial charge in [0.2, 0.25) is 0 Å². The van der Waals surface area contributed by atoms with Crippen LogP contribution in [0.3, 0.4) is 0 Å². The molecule has 132 valence electrons. The molecule has 0 fully saturated rings. The number of hydrogen-bond donors (Lipinski definition) is 0. The van der Waals surface area contributed by atoms with E-state index in [-0.39, 0.29) is 0 Å². The quantitative estimate of drug-likeness (QED) is 0.277. The van der Waals surface area contributed by atoms with E-state index >= 15 is 0 Å². The highest BCUT2D eigenvalue weighted by Crippen LogP contribution is 2.45. The fourth-order valence-electron chi connectivity index (χ4n) is 3.88. The van der Waals surface area contributed by atoms with Crippen LogP contribution in [0, 0.1) is 0 Å². The fraction of sp³-hybridized carbons (Fsp3) is 0. The van der Waals surface area contributed by atoms with Crippen molar-refractivity contribution in [1.82, 2.24) is 0 Å². The third kappa shape index (κ3) is 2.50. The van der Waals surface area contributed by atoms with Crippen LogP contribution in [-0.4, -0.2) is 0 Å². The predicted octanol–water partition coefficient (Wildman–Crippen LogP) is 8.60. The summed E-state index contributed by atoms with van der Waals surface area (Å²) in [6.07, 6.45) is 0. The summed E-state index contributed by atoms with van der Waals surface area (Å²) in [6.45, 7) is 0. The third-order valence-electron chi connectivity index (χ3n) is 5.29. The molecule has 0 nitrogen and oxygen atoms in total. The van der Waals surface area contributed by atoms with Crippen molar-refractivity contribution in [3.63, 3.8) is 0 Å². The van der Waals surface area contributed by atoms with E-state index in [0.29, 0.717) is 0 Å². The number of rotatable bonds is 2. The SMILES string of the molecule is c1ccc(-c2ccc3sc4c5cc(-c6ccccc6)ccc5sc4c3c2)cc1. The maximum atomic E-state index is 2.36. The third-order valence-corrected chi connectivity index (χ3v) is 7.83. The van der Waals surface area contributed by atoms with Crippen LogP contribution in [0.15, 0.2) is 97.1 Å². The lowest BCUT2D eigenvalue weighted by Crippen LogP contribution is -1.75. The molecule has 0 atom stereocenters. The zero-order chi connectivity index (χ0) is 18.5. The first-order chi connectivity index (χ1) is 13.9. The van der Waals surface area contributed by atoms with E-state index in [1.54, 1.807) is 0 Å². The lowest BCUT2D eigenvalue weighted by Gasteiger charge is -2.02. The molecule has 4 aromatic carbocycles. The Hall–Kier alpha value is -2.94. The van der Waals surface area contributed by atoms with Gasteiger partial charge in [0.25, 0.3) is 0 Å². The van der Waals surface area contributed by atoms with Crippen molar-refractivity contribution in [2.75, 3.05) is 0 Å². The van der Waals surface area contributed by atoms with Gasteiger partial charge in [-0.1, -0.05) is 72.8 Å². The molecule has 6 rings (SSSR count). The average molecular weight is 393 g/mol. The molecule has 0 bridgehead atoms. The first-order valence-electron chi connectivity index (χ1n) is 9.36. The zero-order valence-electron chi connectivity index (χ0n) is 15.1. The largest absolute Gasteiger partial charge is 0.134 e. The summed E-state index contributed by atoms with van der Waals surface area (Å²) in [5, 5.41) is 2.76. The Bertz CT molecular complexity index is 1320. The Balaban J connectivity index is 1.59. The van der Waals surface area contributed by atoms with Crippen molar-refractivity contribution in [3.8, 4) is 22.3 Å². The summed E-state index contributed by atoms with van der Waals surface area (Å²) in [5.41, 5.74) is 5.12. The van der Waals surface area contributed by atoms with E-state index in [2.05, 4.69) is 97.1 Å². The molecule has 0 saturated carbocycles. The number of fused-ring (bicyclic) bond motifs is 5. The number of benzene rings is 4. The molecule has 2 heteroatoms. The van der Waals surface area contributed by atoms with Gasteiger partial charge >= 0.3 is 0 Å². The molecule has 6 aromatic rings. The molecule has 0 unspecified atom stereocenters. The smallest absolute Gasteiger partial charge is 0.0542 e. The van der Waals surface area contributed by atoms with Crippen LogP contribution < -0.4 is 0 Å². The maximum Gasteiger partial charge on any atom is 0.0542 e. The molecule has 0 aliphatic heterocycles.